The number of aryl methyl sites for hydroxylation is 1. The Kier molecular flexibility index (Phi) is 3.88. The summed E-state index contributed by atoms with van der Waals surface area (Å²) in [5, 5.41) is 0. The van der Waals surface area contributed by atoms with Crippen LogP contribution in [0.25, 0.3) is 0 Å². The molecule has 0 saturated heterocycles. The zero-order chi connectivity index (χ0) is 12.2. The van der Waals surface area contributed by atoms with Crippen molar-refractivity contribution >= 4 is 0 Å². The third-order valence-corrected chi connectivity index (χ3v) is 2.16. The van der Waals surface area contributed by atoms with Crippen LogP contribution in [0.15, 0.2) is 24.3 Å². The highest BCUT2D eigenvalue weighted by Gasteiger charge is 2.56. The van der Waals surface area contributed by atoms with Crippen molar-refractivity contribution in [3.05, 3.63) is 35.9 Å². The van der Waals surface area contributed by atoms with Crippen molar-refractivity contribution in [2.24, 2.45) is 0 Å². The van der Waals surface area contributed by atoms with Gasteiger partial charge in [0.1, 0.15) is 0 Å². The van der Waals surface area contributed by atoms with E-state index in [2.05, 4.69) is 6.07 Å². The zero-order valence-corrected chi connectivity index (χ0v) is 8.32. The van der Waals surface area contributed by atoms with Gasteiger partial charge in [0.2, 0.25) is 0 Å². The topological polar surface area (TPSA) is 0 Å². The van der Waals surface area contributed by atoms with Crippen molar-refractivity contribution in [1.82, 2.24) is 0 Å². The second-order valence-corrected chi connectivity index (χ2v) is 3.46. The van der Waals surface area contributed by atoms with Crippen LogP contribution in [-0.4, -0.2) is 12.1 Å². The SMILES string of the molecule is FC(F)(F)C(F)(F)CCCc1cc[c]cc1. The Bertz CT molecular complexity index is 315. The molecule has 0 saturated carbocycles. The molecule has 1 rings (SSSR count). The van der Waals surface area contributed by atoms with Crippen LogP contribution in [0, 0.1) is 6.07 Å². The number of rotatable bonds is 4. The third kappa shape index (κ3) is 3.47. The van der Waals surface area contributed by atoms with E-state index in [4.69, 9.17) is 0 Å². The Balaban J connectivity index is 2.42. The predicted molar refractivity (Wildman–Crippen MR) is 49.2 cm³/mol. The van der Waals surface area contributed by atoms with Crippen molar-refractivity contribution < 1.29 is 22.0 Å². The molecule has 0 fully saturated rings. The van der Waals surface area contributed by atoms with Gasteiger partial charge in [0, 0.05) is 6.42 Å². The molecule has 0 spiro atoms. The van der Waals surface area contributed by atoms with Crippen LogP contribution in [0.1, 0.15) is 18.4 Å². The van der Waals surface area contributed by atoms with Crippen molar-refractivity contribution in [1.29, 1.82) is 0 Å². The Morgan fingerprint density at radius 3 is 2.06 bits per heavy atom. The number of hydrogen-bond acceptors (Lipinski definition) is 0. The van der Waals surface area contributed by atoms with Crippen LogP contribution >= 0.6 is 0 Å². The van der Waals surface area contributed by atoms with E-state index in [1.54, 1.807) is 24.3 Å². The summed E-state index contributed by atoms with van der Waals surface area (Å²) in [4.78, 5) is 0. The van der Waals surface area contributed by atoms with Gasteiger partial charge in [0.25, 0.3) is 0 Å². The van der Waals surface area contributed by atoms with E-state index in [1.807, 2.05) is 0 Å². The predicted octanol–water partition coefficient (Wildman–Crippen LogP) is 4.01. The molecular weight excluding hydrogens is 227 g/mol. The van der Waals surface area contributed by atoms with Crippen LogP contribution in [0.3, 0.4) is 0 Å². The fourth-order valence-corrected chi connectivity index (χ4v) is 1.24. The molecule has 0 atom stereocenters. The second-order valence-electron chi connectivity index (χ2n) is 3.46. The molecule has 0 aliphatic rings. The summed E-state index contributed by atoms with van der Waals surface area (Å²) < 4.78 is 60.4. The Morgan fingerprint density at radius 2 is 1.56 bits per heavy atom. The van der Waals surface area contributed by atoms with E-state index < -0.39 is 18.5 Å². The van der Waals surface area contributed by atoms with Gasteiger partial charge in [0.05, 0.1) is 0 Å². The first-order valence-corrected chi connectivity index (χ1v) is 4.72. The average molecular weight is 237 g/mol. The zero-order valence-electron chi connectivity index (χ0n) is 8.32. The van der Waals surface area contributed by atoms with E-state index in [0.29, 0.717) is 0 Å². The van der Waals surface area contributed by atoms with E-state index in [0.717, 1.165) is 5.56 Å². The van der Waals surface area contributed by atoms with E-state index in [1.165, 1.54) is 0 Å². The molecule has 5 heteroatoms. The molecule has 0 aliphatic carbocycles. The van der Waals surface area contributed by atoms with Gasteiger partial charge >= 0.3 is 12.1 Å². The standard InChI is InChI=1S/C11H10F5/c12-10(13,11(14,15)16)8-4-7-9-5-2-1-3-6-9/h2-3,5-6H,4,7-8H2. The summed E-state index contributed by atoms with van der Waals surface area (Å²) in [6, 6.07) is 9.21. The molecule has 0 bridgehead atoms. The Morgan fingerprint density at radius 1 is 1.00 bits per heavy atom. The highest BCUT2D eigenvalue weighted by atomic mass is 19.4. The van der Waals surface area contributed by atoms with Gasteiger partial charge in [-0.2, -0.15) is 22.0 Å². The van der Waals surface area contributed by atoms with Gasteiger partial charge in [-0.15, -0.1) is 0 Å². The van der Waals surface area contributed by atoms with Gasteiger partial charge in [-0.25, -0.2) is 0 Å². The molecule has 89 valence electrons. The van der Waals surface area contributed by atoms with Gasteiger partial charge < -0.3 is 0 Å². The summed E-state index contributed by atoms with van der Waals surface area (Å²) in [5.41, 5.74) is 0.733. The monoisotopic (exact) mass is 237 g/mol. The van der Waals surface area contributed by atoms with Crippen molar-refractivity contribution in [2.75, 3.05) is 0 Å². The van der Waals surface area contributed by atoms with E-state index in [9.17, 15) is 22.0 Å². The maximum Gasteiger partial charge on any atom is 0.453 e. The summed E-state index contributed by atoms with van der Waals surface area (Å²) in [6.45, 7) is 0. The fourth-order valence-electron chi connectivity index (χ4n) is 1.24. The van der Waals surface area contributed by atoms with Crippen LogP contribution in [0.4, 0.5) is 22.0 Å². The molecule has 0 unspecified atom stereocenters. The minimum atomic E-state index is -5.45. The molecule has 16 heavy (non-hydrogen) atoms. The van der Waals surface area contributed by atoms with Gasteiger partial charge in [-0.05, 0) is 24.5 Å². The minimum absolute atomic E-state index is 0.198. The maximum absolute atomic E-state index is 12.5. The quantitative estimate of drug-likeness (QED) is 0.694. The summed E-state index contributed by atoms with van der Waals surface area (Å²) in [7, 11) is 0. The number of halogens is 5. The molecule has 1 aromatic carbocycles. The lowest BCUT2D eigenvalue weighted by Gasteiger charge is -2.19. The second kappa shape index (κ2) is 4.80. The lowest BCUT2D eigenvalue weighted by atomic mass is 10.1. The molecule has 0 heterocycles. The first-order chi connectivity index (χ1) is 7.33. The largest absolute Gasteiger partial charge is 0.453 e. The first kappa shape index (κ1) is 12.9. The average Bonchev–Trinajstić information content (AvgIpc) is 2.17. The molecule has 0 nitrogen and oxygen atoms in total. The lowest BCUT2D eigenvalue weighted by Crippen LogP contribution is -2.36. The molecule has 0 aliphatic heterocycles. The lowest BCUT2D eigenvalue weighted by molar-refractivity contribution is -0.284. The van der Waals surface area contributed by atoms with Crippen LogP contribution in [0.5, 0.6) is 0 Å². The highest BCUT2D eigenvalue weighted by Crippen LogP contribution is 2.38. The first-order valence-electron chi connectivity index (χ1n) is 4.72. The molecule has 0 amide bonds. The molecule has 1 aromatic rings. The van der Waals surface area contributed by atoms with Crippen molar-refractivity contribution in [3.8, 4) is 0 Å². The number of hydrogen-bond donors (Lipinski definition) is 0. The minimum Gasteiger partial charge on any atom is -0.196 e. The van der Waals surface area contributed by atoms with Gasteiger partial charge in [-0.1, -0.05) is 24.3 Å². The maximum atomic E-state index is 12.5. The molecule has 1 radical (unpaired) electrons. The van der Waals surface area contributed by atoms with E-state index >= 15 is 0 Å². The van der Waals surface area contributed by atoms with Crippen LogP contribution in [0.2, 0.25) is 0 Å². The molecular formula is C11H10F5. The van der Waals surface area contributed by atoms with Crippen LogP contribution < -0.4 is 0 Å². The smallest absolute Gasteiger partial charge is 0.196 e. The Labute approximate surface area is 90.1 Å². The van der Waals surface area contributed by atoms with Crippen LogP contribution in [-0.2, 0) is 6.42 Å². The van der Waals surface area contributed by atoms with Crippen molar-refractivity contribution in [3.63, 3.8) is 0 Å². The summed E-state index contributed by atoms with van der Waals surface area (Å²) in [6.07, 6.45) is -6.61. The van der Waals surface area contributed by atoms with Crippen molar-refractivity contribution in [2.45, 2.75) is 31.4 Å². The van der Waals surface area contributed by atoms with Gasteiger partial charge in [0.15, 0.2) is 0 Å². The molecule has 0 aromatic heterocycles. The number of benzene rings is 1. The summed E-state index contributed by atoms with van der Waals surface area (Å²) >= 11 is 0. The molecule has 0 N–H and O–H groups in total. The summed E-state index contributed by atoms with van der Waals surface area (Å²) in [5.74, 6) is -4.59. The number of alkyl halides is 5. The fraction of sp³-hybridized carbons (Fsp3) is 0.455. The third-order valence-electron chi connectivity index (χ3n) is 2.16. The van der Waals surface area contributed by atoms with Gasteiger partial charge in [-0.3, -0.25) is 0 Å². The normalized spacial score (nSPS) is 12.8. The Hall–Kier alpha value is -1.13. The van der Waals surface area contributed by atoms with E-state index in [-0.39, 0.29) is 12.8 Å². The highest BCUT2D eigenvalue weighted by molar-refractivity contribution is 5.13.